The molecule has 2 aromatic rings. The van der Waals surface area contributed by atoms with Crippen LogP contribution in [-0.4, -0.2) is 15.1 Å². The van der Waals surface area contributed by atoms with Crippen molar-refractivity contribution in [2.24, 2.45) is 5.84 Å². The molecule has 0 saturated carbocycles. The number of hydrazine groups is 1. The number of nitrogens with two attached hydrogens (primary N) is 1. The number of rotatable bonds is 4. The molecule has 0 aliphatic heterocycles. The van der Waals surface area contributed by atoms with Crippen molar-refractivity contribution >= 4 is 11.6 Å². The molecule has 0 spiro atoms. The average molecular weight is 220 g/mol. The molecule has 0 radical (unpaired) electrons. The maximum absolute atomic E-state index is 5.23. The van der Waals surface area contributed by atoms with Gasteiger partial charge < -0.3 is 15.3 Å². The summed E-state index contributed by atoms with van der Waals surface area (Å²) < 4.78 is 5.05. The van der Waals surface area contributed by atoms with E-state index in [2.05, 4.69) is 25.9 Å². The van der Waals surface area contributed by atoms with Gasteiger partial charge in [-0.2, -0.15) is 0 Å². The molecule has 2 rings (SSSR count). The lowest BCUT2D eigenvalue weighted by Crippen LogP contribution is -2.09. The van der Waals surface area contributed by atoms with E-state index in [1.165, 1.54) is 6.33 Å². The van der Waals surface area contributed by atoms with E-state index in [9.17, 15) is 0 Å². The molecule has 0 bridgehead atoms. The first-order chi connectivity index (χ1) is 7.78. The number of nitrogens with one attached hydrogen (secondary N) is 2. The monoisotopic (exact) mass is 220 g/mol. The van der Waals surface area contributed by atoms with Crippen LogP contribution in [-0.2, 0) is 6.54 Å². The Morgan fingerprint density at radius 2 is 2.12 bits per heavy atom. The molecule has 0 fully saturated rings. The van der Waals surface area contributed by atoms with E-state index in [1.54, 1.807) is 6.07 Å². The van der Waals surface area contributed by atoms with E-state index < -0.39 is 0 Å². The molecule has 84 valence electrons. The van der Waals surface area contributed by atoms with E-state index in [0.29, 0.717) is 18.2 Å². The number of hydrogen-bond donors (Lipinski definition) is 3. The third-order valence-corrected chi connectivity index (χ3v) is 1.94. The zero-order valence-electron chi connectivity index (χ0n) is 8.77. The topological polar surface area (TPSA) is 102 Å². The molecule has 2 heterocycles. The van der Waals surface area contributed by atoms with E-state index in [4.69, 9.17) is 10.4 Å². The van der Waals surface area contributed by atoms with Gasteiger partial charge in [0.25, 0.3) is 0 Å². The number of anilines is 2. The SMILES string of the molecule is Cc1cc(CNc2cc(NN)ncn2)on1. The Hall–Kier alpha value is -2.15. The van der Waals surface area contributed by atoms with Crippen molar-refractivity contribution < 1.29 is 4.52 Å². The predicted octanol–water partition coefficient (Wildman–Crippen LogP) is 0.671. The molecule has 7 nitrogen and oxygen atoms in total. The second-order valence-electron chi connectivity index (χ2n) is 3.22. The van der Waals surface area contributed by atoms with Crippen LogP contribution in [0, 0.1) is 6.92 Å². The van der Waals surface area contributed by atoms with Crippen molar-refractivity contribution in [2.75, 3.05) is 10.7 Å². The third-order valence-electron chi connectivity index (χ3n) is 1.94. The van der Waals surface area contributed by atoms with Gasteiger partial charge in [0, 0.05) is 12.1 Å². The van der Waals surface area contributed by atoms with E-state index in [0.717, 1.165) is 11.5 Å². The summed E-state index contributed by atoms with van der Waals surface area (Å²) in [6.07, 6.45) is 1.42. The van der Waals surface area contributed by atoms with Crippen LogP contribution < -0.4 is 16.6 Å². The summed E-state index contributed by atoms with van der Waals surface area (Å²) >= 11 is 0. The minimum atomic E-state index is 0.516. The van der Waals surface area contributed by atoms with Crippen LogP contribution in [0.5, 0.6) is 0 Å². The fourth-order valence-electron chi connectivity index (χ4n) is 1.21. The van der Waals surface area contributed by atoms with E-state index in [-0.39, 0.29) is 0 Å². The summed E-state index contributed by atoms with van der Waals surface area (Å²) in [6, 6.07) is 3.56. The van der Waals surface area contributed by atoms with Crippen LogP contribution in [0.15, 0.2) is 23.0 Å². The maximum Gasteiger partial charge on any atom is 0.156 e. The lowest BCUT2D eigenvalue weighted by molar-refractivity contribution is 0.384. The highest BCUT2D eigenvalue weighted by atomic mass is 16.5. The number of aryl methyl sites for hydroxylation is 1. The molecule has 0 saturated heterocycles. The van der Waals surface area contributed by atoms with Gasteiger partial charge in [0.15, 0.2) is 5.76 Å². The third kappa shape index (κ3) is 2.45. The van der Waals surface area contributed by atoms with Gasteiger partial charge in [-0.1, -0.05) is 5.16 Å². The molecular weight excluding hydrogens is 208 g/mol. The van der Waals surface area contributed by atoms with Crippen molar-refractivity contribution in [1.82, 2.24) is 15.1 Å². The van der Waals surface area contributed by atoms with Crippen LogP contribution >= 0.6 is 0 Å². The first-order valence-corrected chi connectivity index (χ1v) is 4.72. The summed E-state index contributed by atoms with van der Waals surface area (Å²) in [5.74, 6) is 7.19. The zero-order chi connectivity index (χ0) is 11.4. The van der Waals surface area contributed by atoms with Gasteiger partial charge in [-0.3, -0.25) is 0 Å². The standard InChI is InChI=1S/C9H12N6O/c1-6-2-7(16-15-6)4-11-8-3-9(14-10)13-5-12-8/h2-3,5H,4,10H2,1H3,(H2,11,12,13,14). The normalized spacial score (nSPS) is 10.1. The molecule has 2 aromatic heterocycles. The highest BCUT2D eigenvalue weighted by Gasteiger charge is 2.01. The minimum Gasteiger partial charge on any atom is -0.363 e. The van der Waals surface area contributed by atoms with Crippen molar-refractivity contribution in [2.45, 2.75) is 13.5 Å². The maximum atomic E-state index is 5.23. The number of nitrogens with zero attached hydrogens (tertiary/aromatic N) is 3. The average Bonchev–Trinajstić information content (AvgIpc) is 2.73. The second-order valence-corrected chi connectivity index (χ2v) is 3.22. The van der Waals surface area contributed by atoms with E-state index in [1.807, 2.05) is 13.0 Å². The first-order valence-electron chi connectivity index (χ1n) is 4.72. The Morgan fingerprint density at radius 3 is 2.81 bits per heavy atom. The van der Waals surface area contributed by atoms with Crippen LogP contribution in [0.2, 0.25) is 0 Å². The van der Waals surface area contributed by atoms with Gasteiger partial charge in [-0.05, 0) is 6.92 Å². The quantitative estimate of drug-likeness (QED) is 0.514. The molecule has 0 amide bonds. The fourth-order valence-corrected chi connectivity index (χ4v) is 1.21. The summed E-state index contributed by atoms with van der Waals surface area (Å²) in [5, 5.41) is 6.85. The number of aromatic nitrogens is 3. The highest BCUT2D eigenvalue weighted by Crippen LogP contribution is 2.09. The van der Waals surface area contributed by atoms with Crippen molar-refractivity contribution in [3.05, 3.63) is 29.9 Å². The van der Waals surface area contributed by atoms with Crippen LogP contribution in [0.1, 0.15) is 11.5 Å². The van der Waals surface area contributed by atoms with Crippen molar-refractivity contribution in [3.63, 3.8) is 0 Å². The van der Waals surface area contributed by atoms with Crippen LogP contribution in [0.4, 0.5) is 11.6 Å². The van der Waals surface area contributed by atoms with Crippen LogP contribution in [0.25, 0.3) is 0 Å². The van der Waals surface area contributed by atoms with Gasteiger partial charge in [0.05, 0.1) is 12.2 Å². The first kappa shape index (κ1) is 10.4. The molecule has 16 heavy (non-hydrogen) atoms. The Labute approximate surface area is 92.0 Å². The predicted molar refractivity (Wildman–Crippen MR) is 58.4 cm³/mol. The molecular formula is C9H12N6O. The van der Waals surface area contributed by atoms with Gasteiger partial charge in [-0.15, -0.1) is 0 Å². The van der Waals surface area contributed by atoms with Gasteiger partial charge in [-0.25, -0.2) is 15.8 Å². The number of nitrogen functional groups attached to an aromatic ring is 1. The Morgan fingerprint density at radius 1 is 1.31 bits per heavy atom. The van der Waals surface area contributed by atoms with Gasteiger partial charge in [0.2, 0.25) is 0 Å². The molecule has 0 atom stereocenters. The van der Waals surface area contributed by atoms with E-state index >= 15 is 0 Å². The van der Waals surface area contributed by atoms with Crippen LogP contribution in [0.3, 0.4) is 0 Å². The lowest BCUT2D eigenvalue weighted by atomic mass is 10.4. The molecule has 0 aliphatic carbocycles. The summed E-state index contributed by atoms with van der Waals surface area (Å²) in [6.45, 7) is 2.38. The molecule has 7 heteroatoms. The largest absolute Gasteiger partial charge is 0.363 e. The van der Waals surface area contributed by atoms with Gasteiger partial charge >= 0.3 is 0 Å². The highest BCUT2D eigenvalue weighted by molar-refractivity contribution is 5.45. The molecule has 0 aromatic carbocycles. The zero-order valence-corrected chi connectivity index (χ0v) is 8.77. The Bertz CT molecular complexity index is 469. The van der Waals surface area contributed by atoms with Crippen molar-refractivity contribution in [1.29, 1.82) is 0 Å². The summed E-state index contributed by atoms with van der Waals surface area (Å²) in [4.78, 5) is 7.92. The summed E-state index contributed by atoms with van der Waals surface area (Å²) in [5.41, 5.74) is 3.29. The second kappa shape index (κ2) is 4.58. The Balaban J connectivity index is 1.99. The molecule has 0 unspecified atom stereocenters. The molecule has 4 N–H and O–H groups in total. The lowest BCUT2D eigenvalue weighted by Gasteiger charge is -2.03. The smallest absolute Gasteiger partial charge is 0.156 e. The number of hydrogen-bond acceptors (Lipinski definition) is 7. The Kier molecular flexibility index (Phi) is 2.97. The summed E-state index contributed by atoms with van der Waals surface area (Å²) in [7, 11) is 0. The molecule has 0 aliphatic rings. The van der Waals surface area contributed by atoms with Crippen molar-refractivity contribution in [3.8, 4) is 0 Å². The fraction of sp³-hybridized carbons (Fsp3) is 0.222. The van der Waals surface area contributed by atoms with Gasteiger partial charge in [0.1, 0.15) is 18.0 Å². The minimum absolute atomic E-state index is 0.516.